The molecule has 1 aromatic heterocycles. The van der Waals surface area contributed by atoms with Crippen LogP contribution in [0.5, 0.6) is 5.75 Å². The third kappa shape index (κ3) is 5.61. The minimum absolute atomic E-state index is 0.160. The van der Waals surface area contributed by atoms with Gasteiger partial charge < -0.3 is 19.9 Å². The van der Waals surface area contributed by atoms with E-state index in [1.165, 1.54) is 18.2 Å². The quantitative estimate of drug-likeness (QED) is 0.384. The smallest absolute Gasteiger partial charge is 0.471 e. The van der Waals surface area contributed by atoms with Crippen LogP contribution in [0, 0.1) is 11.6 Å². The van der Waals surface area contributed by atoms with Crippen molar-refractivity contribution in [3.8, 4) is 5.75 Å². The molecule has 2 aromatic carbocycles. The first-order valence-electron chi connectivity index (χ1n) is 12.4. The number of halogens is 5. The molecule has 0 aliphatic carbocycles. The molecule has 0 atom stereocenters. The van der Waals surface area contributed by atoms with Crippen molar-refractivity contribution in [2.45, 2.75) is 57.8 Å². The molecule has 11 heteroatoms. The predicted molar refractivity (Wildman–Crippen MR) is 131 cm³/mol. The second-order valence-corrected chi connectivity index (χ2v) is 9.48. The summed E-state index contributed by atoms with van der Waals surface area (Å²) in [7, 11) is 0. The number of likely N-dealkylation sites (tertiary alicyclic amines) is 1. The monoisotopic (exact) mass is 537 g/mol. The second-order valence-electron chi connectivity index (χ2n) is 9.48. The van der Waals surface area contributed by atoms with Gasteiger partial charge in [-0.1, -0.05) is 25.5 Å². The molecule has 1 saturated heterocycles. The van der Waals surface area contributed by atoms with Crippen molar-refractivity contribution >= 4 is 22.7 Å². The first-order chi connectivity index (χ1) is 18.0. The molecule has 3 aromatic rings. The molecular weight excluding hydrogens is 509 g/mol. The van der Waals surface area contributed by atoms with Gasteiger partial charge in [0.25, 0.3) is 5.91 Å². The van der Waals surface area contributed by atoms with Crippen LogP contribution in [0.15, 0.2) is 36.5 Å². The number of carbonyl (C=O) groups is 2. The standard InChI is InChI=1S/C27H28F5N3O3/c1-2-3-10-35-15-19(23-22(36)7-6-21(29)24(23)35)25(37)34-11-8-17(9-12-34)18-13-16(4-5-20(18)28)14-33-26(38)27(30,31)32/h4-7,13,15,17,36H,2-3,8-12,14H2,1H3,(H,33,38). The Bertz CT molecular complexity index is 1340. The Hall–Kier alpha value is -3.63. The van der Waals surface area contributed by atoms with Crippen molar-refractivity contribution in [1.29, 1.82) is 0 Å². The van der Waals surface area contributed by atoms with Crippen molar-refractivity contribution in [2.75, 3.05) is 13.1 Å². The average Bonchev–Trinajstić information content (AvgIpc) is 3.29. The summed E-state index contributed by atoms with van der Waals surface area (Å²) in [5.41, 5.74) is 1.01. The number of nitrogens with zero attached hydrogens (tertiary/aromatic N) is 2. The van der Waals surface area contributed by atoms with Crippen LogP contribution >= 0.6 is 0 Å². The SMILES string of the molecule is CCCCn1cc(C(=O)N2CCC(c3cc(CNC(=O)C(F)(F)F)ccc3F)CC2)c2c(O)ccc(F)c21. The van der Waals surface area contributed by atoms with E-state index in [0.717, 1.165) is 25.0 Å². The summed E-state index contributed by atoms with van der Waals surface area (Å²) >= 11 is 0. The number of amides is 2. The zero-order valence-corrected chi connectivity index (χ0v) is 20.7. The first-order valence-corrected chi connectivity index (χ1v) is 12.4. The van der Waals surface area contributed by atoms with Crippen molar-refractivity contribution < 1.29 is 36.6 Å². The molecule has 2 N–H and O–H groups in total. The zero-order valence-electron chi connectivity index (χ0n) is 20.7. The Labute approximate surface area is 216 Å². The van der Waals surface area contributed by atoms with E-state index >= 15 is 0 Å². The fourth-order valence-electron chi connectivity index (χ4n) is 4.92. The lowest BCUT2D eigenvalue weighted by Crippen LogP contribution is -2.38. The van der Waals surface area contributed by atoms with Crippen LogP contribution in [-0.4, -0.2) is 45.7 Å². The largest absolute Gasteiger partial charge is 0.507 e. The molecule has 2 amide bonds. The number of aromatic nitrogens is 1. The maximum absolute atomic E-state index is 14.7. The number of rotatable bonds is 7. The summed E-state index contributed by atoms with van der Waals surface area (Å²) in [6, 6.07) is 6.30. The number of phenols is 1. The Morgan fingerprint density at radius 1 is 1.08 bits per heavy atom. The highest BCUT2D eigenvalue weighted by Crippen LogP contribution is 2.35. The molecule has 6 nitrogen and oxygen atoms in total. The summed E-state index contributed by atoms with van der Waals surface area (Å²) in [5.74, 6) is -3.96. The highest BCUT2D eigenvalue weighted by Gasteiger charge is 2.38. The third-order valence-electron chi connectivity index (χ3n) is 6.92. The van der Waals surface area contributed by atoms with Gasteiger partial charge in [-0.2, -0.15) is 13.2 Å². The topological polar surface area (TPSA) is 74.6 Å². The molecule has 1 aliphatic rings. The van der Waals surface area contributed by atoms with Crippen LogP contribution in [-0.2, 0) is 17.9 Å². The fourth-order valence-corrected chi connectivity index (χ4v) is 4.92. The van der Waals surface area contributed by atoms with Gasteiger partial charge in [-0.05, 0) is 54.5 Å². The van der Waals surface area contributed by atoms with E-state index < -0.39 is 30.3 Å². The molecule has 0 saturated carbocycles. The molecular formula is C27H28F5N3O3. The number of unbranched alkanes of at least 4 members (excludes halogenated alkanes) is 1. The molecule has 1 fully saturated rings. The number of benzene rings is 2. The minimum atomic E-state index is -5.01. The van der Waals surface area contributed by atoms with Gasteiger partial charge in [0, 0.05) is 32.4 Å². The number of piperidine rings is 1. The van der Waals surface area contributed by atoms with Crippen molar-refractivity contribution in [3.05, 3.63) is 64.9 Å². The lowest BCUT2D eigenvalue weighted by atomic mass is 9.88. The average molecular weight is 538 g/mol. The number of hydrogen-bond acceptors (Lipinski definition) is 3. The number of fused-ring (bicyclic) bond motifs is 1. The van der Waals surface area contributed by atoms with E-state index in [-0.39, 0.29) is 47.1 Å². The van der Waals surface area contributed by atoms with Gasteiger partial charge in [-0.25, -0.2) is 8.78 Å². The first kappa shape index (κ1) is 27.4. The van der Waals surface area contributed by atoms with Gasteiger partial charge in [0.05, 0.1) is 16.5 Å². The van der Waals surface area contributed by atoms with E-state index in [2.05, 4.69) is 0 Å². The number of aryl methyl sites for hydroxylation is 1. The van der Waals surface area contributed by atoms with Crippen molar-refractivity contribution in [1.82, 2.24) is 14.8 Å². The molecule has 2 heterocycles. The fraction of sp³-hybridized carbons (Fsp3) is 0.407. The minimum Gasteiger partial charge on any atom is -0.507 e. The van der Waals surface area contributed by atoms with Gasteiger partial charge in [0.15, 0.2) is 0 Å². The van der Waals surface area contributed by atoms with Gasteiger partial charge >= 0.3 is 12.1 Å². The Morgan fingerprint density at radius 3 is 2.42 bits per heavy atom. The Kier molecular flexibility index (Phi) is 7.94. The van der Waals surface area contributed by atoms with Gasteiger partial charge in [0.1, 0.15) is 17.4 Å². The van der Waals surface area contributed by atoms with E-state index in [4.69, 9.17) is 0 Å². The second kappa shape index (κ2) is 11.0. The highest BCUT2D eigenvalue weighted by atomic mass is 19.4. The number of hydrogen-bond donors (Lipinski definition) is 2. The summed E-state index contributed by atoms with van der Waals surface area (Å²) < 4.78 is 68.3. The predicted octanol–water partition coefficient (Wildman–Crippen LogP) is 5.62. The summed E-state index contributed by atoms with van der Waals surface area (Å²) in [6.07, 6.45) is -1.01. The normalized spacial score (nSPS) is 14.7. The zero-order chi connectivity index (χ0) is 27.6. The van der Waals surface area contributed by atoms with Crippen LogP contribution in [0.3, 0.4) is 0 Å². The lowest BCUT2D eigenvalue weighted by molar-refractivity contribution is -0.173. The maximum Gasteiger partial charge on any atom is 0.471 e. The van der Waals surface area contributed by atoms with Crippen molar-refractivity contribution in [2.24, 2.45) is 0 Å². The molecule has 4 rings (SSSR count). The number of nitrogens with one attached hydrogen (secondary N) is 1. The van der Waals surface area contributed by atoms with Gasteiger partial charge in [0.2, 0.25) is 0 Å². The van der Waals surface area contributed by atoms with E-state index in [1.807, 2.05) is 6.92 Å². The maximum atomic E-state index is 14.7. The number of aromatic hydroxyl groups is 1. The molecule has 204 valence electrons. The van der Waals surface area contributed by atoms with E-state index in [9.17, 15) is 36.6 Å². The van der Waals surface area contributed by atoms with Crippen LogP contribution in [0.1, 0.15) is 60.0 Å². The summed E-state index contributed by atoms with van der Waals surface area (Å²) in [6.45, 7) is 2.63. The molecule has 0 spiro atoms. The summed E-state index contributed by atoms with van der Waals surface area (Å²) in [4.78, 5) is 26.1. The molecule has 0 bridgehead atoms. The van der Waals surface area contributed by atoms with Gasteiger partial charge in [-0.15, -0.1) is 0 Å². The van der Waals surface area contributed by atoms with E-state index in [0.29, 0.717) is 30.5 Å². The number of phenolic OH excluding ortho intramolecular Hbond substituents is 1. The third-order valence-corrected chi connectivity index (χ3v) is 6.92. The highest BCUT2D eigenvalue weighted by molar-refractivity contribution is 6.09. The van der Waals surface area contributed by atoms with Crippen LogP contribution in [0.4, 0.5) is 22.0 Å². The molecule has 1 aliphatic heterocycles. The van der Waals surface area contributed by atoms with Crippen LogP contribution in [0.25, 0.3) is 10.9 Å². The van der Waals surface area contributed by atoms with Gasteiger partial charge in [-0.3, -0.25) is 9.59 Å². The number of alkyl halides is 3. The summed E-state index contributed by atoms with van der Waals surface area (Å²) in [5, 5.41) is 12.4. The molecule has 0 radical (unpaired) electrons. The van der Waals surface area contributed by atoms with Crippen LogP contribution < -0.4 is 5.32 Å². The van der Waals surface area contributed by atoms with Crippen LogP contribution in [0.2, 0.25) is 0 Å². The lowest BCUT2D eigenvalue weighted by Gasteiger charge is -2.32. The molecule has 38 heavy (non-hydrogen) atoms. The van der Waals surface area contributed by atoms with E-state index in [1.54, 1.807) is 21.0 Å². The Morgan fingerprint density at radius 2 is 1.76 bits per heavy atom. The van der Waals surface area contributed by atoms with Crippen molar-refractivity contribution in [3.63, 3.8) is 0 Å². The molecule has 0 unspecified atom stereocenters. The Balaban J connectivity index is 1.49. The number of carbonyl (C=O) groups excluding carboxylic acids is 2.